The summed E-state index contributed by atoms with van der Waals surface area (Å²) in [4.78, 5) is 0. The van der Waals surface area contributed by atoms with Crippen molar-refractivity contribution in [3.8, 4) is 0 Å². The van der Waals surface area contributed by atoms with E-state index in [1.165, 1.54) is 19.3 Å². The molecule has 1 spiro atoms. The molecular formula is C15H26FNO2. The van der Waals surface area contributed by atoms with Gasteiger partial charge >= 0.3 is 0 Å². The summed E-state index contributed by atoms with van der Waals surface area (Å²) in [5, 5.41) is 23.2. The summed E-state index contributed by atoms with van der Waals surface area (Å²) in [7, 11) is 0. The lowest BCUT2D eigenvalue weighted by Gasteiger charge is -2.42. The minimum absolute atomic E-state index is 0.216. The Morgan fingerprint density at radius 2 is 1.84 bits per heavy atom. The number of hydrogen-bond donors (Lipinski definition) is 3. The average Bonchev–Trinajstić information content (AvgIpc) is 3.16. The molecule has 0 aromatic heterocycles. The standard InChI is InChI=1S/C15H26FNO2/c16-11(8-10-4-2-1-3-5-10)13-14(19)12(18)9-17-15(13)6-7-15/h10-14,17-19H,1-9H2. The van der Waals surface area contributed by atoms with Crippen molar-refractivity contribution in [3.05, 3.63) is 0 Å². The van der Waals surface area contributed by atoms with Gasteiger partial charge in [-0.3, -0.25) is 0 Å². The lowest BCUT2D eigenvalue weighted by Crippen LogP contribution is -2.61. The van der Waals surface area contributed by atoms with Crippen LogP contribution in [0.15, 0.2) is 0 Å². The van der Waals surface area contributed by atoms with Gasteiger partial charge in [-0.2, -0.15) is 0 Å². The fourth-order valence-corrected chi connectivity index (χ4v) is 4.21. The van der Waals surface area contributed by atoms with Crippen LogP contribution in [0.5, 0.6) is 0 Å². The van der Waals surface area contributed by atoms with Crippen LogP contribution in [0.3, 0.4) is 0 Å². The van der Waals surface area contributed by atoms with Crippen LogP contribution in [0, 0.1) is 11.8 Å². The van der Waals surface area contributed by atoms with Crippen molar-refractivity contribution in [3.63, 3.8) is 0 Å². The van der Waals surface area contributed by atoms with E-state index < -0.39 is 24.3 Å². The van der Waals surface area contributed by atoms with Crippen molar-refractivity contribution in [2.75, 3.05) is 6.54 Å². The molecule has 1 heterocycles. The summed E-state index contributed by atoms with van der Waals surface area (Å²) < 4.78 is 14.7. The van der Waals surface area contributed by atoms with Gasteiger partial charge in [0.2, 0.25) is 0 Å². The van der Waals surface area contributed by atoms with Gasteiger partial charge in [0.05, 0.1) is 12.2 Å². The van der Waals surface area contributed by atoms with Gasteiger partial charge in [0.25, 0.3) is 0 Å². The minimum Gasteiger partial charge on any atom is -0.390 e. The molecular weight excluding hydrogens is 245 g/mol. The van der Waals surface area contributed by atoms with Crippen LogP contribution in [0.2, 0.25) is 0 Å². The molecule has 0 amide bonds. The van der Waals surface area contributed by atoms with E-state index >= 15 is 0 Å². The Balaban J connectivity index is 1.64. The number of halogens is 1. The molecule has 0 radical (unpaired) electrons. The van der Waals surface area contributed by atoms with Gasteiger partial charge in [0.1, 0.15) is 6.17 Å². The first-order valence-corrected chi connectivity index (χ1v) is 7.88. The third-order valence-corrected chi connectivity index (χ3v) is 5.53. The van der Waals surface area contributed by atoms with E-state index in [0.29, 0.717) is 18.9 Å². The summed E-state index contributed by atoms with van der Waals surface area (Å²) in [6.45, 7) is 0.397. The van der Waals surface area contributed by atoms with Crippen molar-refractivity contribution in [2.45, 2.75) is 75.3 Å². The highest BCUT2D eigenvalue weighted by Gasteiger charge is 2.58. The Labute approximate surface area is 114 Å². The molecule has 1 aliphatic heterocycles. The molecule has 110 valence electrons. The van der Waals surface area contributed by atoms with Gasteiger partial charge < -0.3 is 15.5 Å². The van der Waals surface area contributed by atoms with Gasteiger partial charge in [0.15, 0.2) is 0 Å². The van der Waals surface area contributed by atoms with Crippen molar-refractivity contribution < 1.29 is 14.6 Å². The van der Waals surface area contributed by atoms with Crippen molar-refractivity contribution >= 4 is 0 Å². The summed E-state index contributed by atoms with van der Waals surface area (Å²) in [6, 6.07) is 0. The Hall–Kier alpha value is -0.190. The zero-order valence-electron chi connectivity index (χ0n) is 11.5. The zero-order valence-corrected chi connectivity index (χ0v) is 11.5. The molecule has 0 bridgehead atoms. The van der Waals surface area contributed by atoms with E-state index in [9.17, 15) is 14.6 Å². The highest BCUT2D eigenvalue weighted by molar-refractivity contribution is 5.14. The number of alkyl halides is 1. The van der Waals surface area contributed by atoms with Crippen LogP contribution in [-0.2, 0) is 0 Å². The molecule has 4 unspecified atom stereocenters. The van der Waals surface area contributed by atoms with Gasteiger partial charge in [-0.1, -0.05) is 32.1 Å². The molecule has 3 nitrogen and oxygen atoms in total. The van der Waals surface area contributed by atoms with Crippen LogP contribution in [0.25, 0.3) is 0 Å². The first kappa shape index (κ1) is 13.8. The number of hydrogen-bond acceptors (Lipinski definition) is 3. The summed E-state index contributed by atoms with van der Waals surface area (Å²) in [5.74, 6) is 0.0593. The summed E-state index contributed by atoms with van der Waals surface area (Å²) in [5.41, 5.74) is -0.216. The van der Waals surface area contributed by atoms with Crippen molar-refractivity contribution in [2.24, 2.45) is 11.8 Å². The maximum atomic E-state index is 14.7. The van der Waals surface area contributed by atoms with Crippen LogP contribution < -0.4 is 5.32 Å². The van der Waals surface area contributed by atoms with Crippen LogP contribution in [0.1, 0.15) is 51.4 Å². The smallest absolute Gasteiger partial charge is 0.108 e. The highest BCUT2D eigenvalue weighted by Crippen LogP contribution is 2.49. The number of rotatable bonds is 3. The normalized spacial score (nSPS) is 40.3. The molecule has 3 aliphatic rings. The second-order valence-corrected chi connectivity index (χ2v) is 6.88. The molecule has 2 saturated carbocycles. The second-order valence-electron chi connectivity index (χ2n) is 6.88. The van der Waals surface area contributed by atoms with Crippen molar-refractivity contribution in [1.29, 1.82) is 0 Å². The quantitative estimate of drug-likeness (QED) is 0.733. The van der Waals surface area contributed by atoms with Gasteiger partial charge in [-0.05, 0) is 25.2 Å². The molecule has 0 aromatic carbocycles. The monoisotopic (exact) mass is 271 g/mol. The third kappa shape index (κ3) is 2.67. The van der Waals surface area contributed by atoms with Gasteiger partial charge in [0, 0.05) is 18.0 Å². The molecule has 3 fully saturated rings. The predicted octanol–water partition coefficient (Wildman–Crippen LogP) is 1.77. The first-order valence-electron chi connectivity index (χ1n) is 7.88. The number of aliphatic hydroxyl groups is 2. The highest BCUT2D eigenvalue weighted by atomic mass is 19.1. The molecule has 4 atom stereocenters. The van der Waals surface area contributed by atoms with E-state index in [4.69, 9.17) is 0 Å². The van der Waals surface area contributed by atoms with Gasteiger partial charge in [-0.15, -0.1) is 0 Å². The molecule has 3 rings (SSSR count). The van der Waals surface area contributed by atoms with E-state index in [2.05, 4.69) is 5.32 Å². The molecule has 0 aromatic rings. The predicted molar refractivity (Wildman–Crippen MR) is 71.6 cm³/mol. The SMILES string of the molecule is OC1CNC2(CC2)C(C(F)CC2CCCCC2)C1O. The Bertz CT molecular complexity index is 315. The summed E-state index contributed by atoms with van der Waals surface area (Å²) >= 11 is 0. The number of β-amino-alcohol motifs (C(OH)–C–C–N with tert-alkyl or cyclic N) is 1. The van der Waals surface area contributed by atoms with Crippen LogP contribution in [0.4, 0.5) is 4.39 Å². The van der Waals surface area contributed by atoms with E-state index in [1.807, 2.05) is 0 Å². The fourth-order valence-electron chi connectivity index (χ4n) is 4.21. The zero-order chi connectivity index (χ0) is 13.5. The van der Waals surface area contributed by atoms with Crippen molar-refractivity contribution in [1.82, 2.24) is 5.32 Å². The third-order valence-electron chi connectivity index (χ3n) is 5.53. The molecule has 19 heavy (non-hydrogen) atoms. The molecule has 3 N–H and O–H groups in total. The maximum Gasteiger partial charge on any atom is 0.108 e. The van der Waals surface area contributed by atoms with E-state index in [1.54, 1.807) is 0 Å². The first-order chi connectivity index (χ1) is 9.12. The Kier molecular flexibility index (Phi) is 3.84. The Morgan fingerprint density at radius 3 is 2.47 bits per heavy atom. The Morgan fingerprint density at radius 1 is 1.16 bits per heavy atom. The number of piperidine rings is 1. The molecule has 1 saturated heterocycles. The van der Waals surface area contributed by atoms with Gasteiger partial charge in [-0.25, -0.2) is 4.39 Å². The second kappa shape index (κ2) is 5.30. The number of nitrogens with one attached hydrogen (secondary N) is 1. The van der Waals surface area contributed by atoms with E-state index in [0.717, 1.165) is 25.7 Å². The average molecular weight is 271 g/mol. The minimum atomic E-state index is -0.983. The molecule has 2 aliphatic carbocycles. The lowest BCUT2D eigenvalue weighted by molar-refractivity contribution is -0.0850. The largest absolute Gasteiger partial charge is 0.390 e. The number of aliphatic hydroxyl groups excluding tert-OH is 2. The topological polar surface area (TPSA) is 52.5 Å². The maximum absolute atomic E-state index is 14.7. The van der Waals surface area contributed by atoms with E-state index in [-0.39, 0.29) is 5.54 Å². The molecule has 4 heteroatoms. The fraction of sp³-hybridized carbons (Fsp3) is 1.00. The summed E-state index contributed by atoms with van der Waals surface area (Å²) in [6.07, 6.45) is 5.72. The van der Waals surface area contributed by atoms with Crippen LogP contribution >= 0.6 is 0 Å². The lowest BCUT2D eigenvalue weighted by atomic mass is 9.76. The van der Waals surface area contributed by atoms with Crippen LogP contribution in [-0.4, -0.2) is 40.7 Å².